The van der Waals surface area contributed by atoms with Gasteiger partial charge in [-0.1, -0.05) is 243 Å². The monoisotopic (exact) mass is 1030 g/mol. The maximum atomic E-state index is 12.9. The normalized spacial score (nSPS) is 11.8. The third-order valence-corrected chi connectivity index (χ3v) is 14.4. The van der Waals surface area contributed by atoms with Crippen molar-refractivity contribution in [2.24, 2.45) is 0 Å². The van der Waals surface area contributed by atoms with E-state index in [0.717, 1.165) is 117 Å². The van der Waals surface area contributed by atoms with Gasteiger partial charge in [0.1, 0.15) is 11.5 Å². The number of rotatable bonds is 13. The predicted molar refractivity (Wildman–Crippen MR) is 315 cm³/mol. The second-order valence-electron chi connectivity index (χ2n) is 18.6. The molecular weight excluding hydrogens is 973 g/mol. The number of aliphatic hydroxyl groups is 1. The largest absolute Gasteiger partial charge is 3.00 e. The van der Waals surface area contributed by atoms with E-state index >= 15 is 0 Å². The molecule has 0 aromatic heterocycles. The van der Waals surface area contributed by atoms with Crippen molar-refractivity contribution in [3.05, 3.63) is 284 Å². The van der Waals surface area contributed by atoms with Crippen molar-refractivity contribution >= 4 is 43.1 Å². The molecule has 0 aliphatic heterocycles. The Labute approximate surface area is 456 Å². The Morgan fingerprint density at radius 3 is 0.974 bits per heavy atom. The minimum Gasteiger partial charge on any atom is -0.507 e. The zero-order valence-corrected chi connectivity index (χ0v) is 43.6. The molecule has 6 heteroatoms. The molecule has 0 bridgehead atoms. The number of hydrogen-bond acceptors (Lipinski definition) is 5. The van der Waals surface area contributed by atoms with E-state index in [9.17, 15) is 10.2 Å². The zero-order valence-electron chi connectivity index (χ0n) is 42.5. The molecule has 1 radical (unpaired) electrons. The van der Waals surface area contributed by atoms with Crippen LogP contribution >= 0.6 is 0 Å². The van der Waals surface area contributed by atoms with E-state index in [1.165, 1.54) is 0 Å². The quantitative estimate of drug-likeness (QED) is 0.0587. The Bertz CT molecular complexity index is 3650. The smallest absolute Gasteiger partial charge is 0.507 e. The summed E-state index contributed by atoms with van der Waals surface area (Å²) in [4.78, 5) is 0. The van der Waals surface area contributed by atoms with Crippen LogP contribution in [0.5, 0.6) is 11.5 Å². The van der Waals surface area contributed by atoms with Crippen molar-refractivity contribution < 1.29 is 32.4 Å². The van der Waals surface area contributed by atoms with E-state index in [1.807, 2.05) is 24.3 Å². The fraction of sp³-hybridized carbons (Fsp3) is 0.0714. The molecule has 12 rings (SSSR count). The van der Waals surface area contributed by atoms with Crippen LogP contribution in [0.25, 0.3) is 87.6 Å². The number of fused-ring (bicyclic) bond motifs is 4. The molecule has 12 aromatic rings. The predicted octanol–water partition coefficient (Wildman–Crippen LogP) is 16.8. The molecule has 5 nitrogen and oxygen atoms in total. The summed E-state index contributed by atoms with van der Waals surface area (Å²) in [5, 5.41) is 49.2. The van der Waals surface area contributed by atoms with Gasteiger partial charge in [0.05, 0.1) is 12.1 Å². The molecule has 0 aliphatic carbocycles. The maximum Gasteiger partial charge on any atom is 3.00 e. The molecule has 0 unspecified atom stereocenters. The standard InChI is InChI=1S/C68H52N2O2.CH4O.CH3.Fe/c71-67-53(41-51-31-15-19-35-57(51)63(67)61-55-33-17-13-25-47(55)37-39-59(61)45-21-5-1-6-22-45)43-69-65(49-27-9-3-10-28-49)66(50-29-11-4-12-30-50)70-44-54-42-52-32-16-20-36-58(52)64(68(54)72)62-56-34-18-14-26-48(56)38-40-60(62)46-23-7-2-8-24-46;1-2;;/h1-42,65-66,69-72H,43-44H2;2H,1H3;1H3;/q;;-1;+3/t65-,66-;;;/m1.../s1. The number of hydrogen-bond donors (Lipinski definition) is 5. The van der Waals surface area contributed by atoms with Gasteiger partial charge in [0.2, 0.25) is 0 Å². The Hall–Kier alpha value is -8.32. The Balaban J connectivity index is 0.00000174. The number of nitrogens with one attached hydrogen (secondary N) is 2. The van der Waals surface area contributed by atoms with Crippen LogP contribution in [0.15, 0.2) is 255 Å². The van der Waals surface area contributed by atoms with E-state index in [-0.39, 0.29) is 48.1 Å². The van der Waals surface area contributed by atoms with Crippen LogP contribution < -0.4 is 10.6 Å². The van der Waals surface area contributed by atoms with Gasteiger partial charge in [-0.25, -0.2) is 0 Å². The summed E-state index contributed by atoms with van der Waals surface area (Å²) >= 11 is 0. The summed E-state index contributed by atoms with van der Waals surface area (Å²) in [5.41, 5.74) is 11.7. The molecule has 0 saturated carbocycles. The first-order valence-electron chi connectivity index (χ1n) is 25.2. The zero-order chi connectivity index (χ0) is 50.4. The summed E-state index contributed by atoms with van der Waals surface area (Å²) in [6.45, 7) is 0.739. The van der Waals surface area contributed by atoms with Gasteiger partial charge in [-0.2, -0.15) is 0 Å². The first kappa shape index (κ1) is 52.5. The number of aromatic hydroxyl groups is 2. The van der Waals surface area contributed by atoms with E-state index < -0.39 is 0 Å². The molecule has 0 fully saturated rings. The van der Waals surface area contributed by atoms with E-state index in [0.29, 0.717) is 13.1 Å². The minimum absolute atomic E-state index is 0. The summed E-state index contributed by atoms with van der Waals surface area (Å²) < 4.78 is 0. The molecule has 0 spiro atoms. The molecule has 5 N–H and O–H groups in total. The molecular formula is C70H59FeN2O3+2. The Kier molecular flexibility index (Phi) is 16.5. The van der Waals surface area contributed by atoms with Gasteiger partial charge in [-0.3, -0.25) is 0 Å². The molecule has 0 aliphatic rings. The third kappa shape index (κ3) is 10.3. The molecule has 2 atom stereocenters. The molecule has 0 amide bonds. The van der Waals surface area contributed by atoms with Gasteiger partial charge >= 0.3 is 17.1 Å². The second kappa shape index (κ2) is 23.9. The van der Waals surface area contributed by atoms with Crippen LogP contribution in [-0.4, -0.2) is 22.4 Å². The first-order chi connectivity index (χ1) is 36.6. The topological polar surface area (TPSA) is 84.8 Å². The average Bonchev–Trinajstić information content (AvgIpc) is 3.49. The minimum atomic E-state index is -0.273. The first-order valence-corrected chi connectivity index (χ1v) is 25.2. The SMILES string of the molecule is CO.Oc1c(CN[C@H](c2ccccc2)[C@H](NCc2cc3ccccc3c(-c3c(-c4ccccc4)ccc4ccccc34)c2O)c2ccccc2)cc2ccccc2c1-c1c(-c2ccccc2)ccc2ccccc12.[CH3-].[Fe+3]. The summed E-state index contributed by atoms with van der Waals surface area (Å²) in [5.74, 6) is 0.505. The summed E-state index contributed by atoms with van der Waals surface area (Å²) in [6, 6.07) is 88.2. The van der Waals surface area contributed by atoms with Gasteiger partial charge in [-0.05, 0) is 88.6 Å². The van der Waals surface area contributed by atoms with Crippen LogP contribution in [0.4, 0.5) is 0 Å². The van der Waals surface area contributed by atoms with E-state index in [1.54, 1.807) is 0 Å². The maximum absolute atomic E-state index is 12.9. The second-order valence-corrected chi connectivity index (χ2v) is 18.6. The number of aliphatic hydroxyl groups excluding tert-OH is 1. The van der Waals surface area contributed by atoms with Crippen molar-refractivity contribution in [2.75, 3.05) is 7.11 Å². The van der Waals surface area contributed by atoms with Crippen molar-refractivity contribution in [1.29, 1.82) is 0 Å². The van der Waals surface area contributed by atoms with E-state index in [2.05, 4.69) is 241 Å². The van der Waals surface area contributed by atoms with Crippen LogP contribution in [0, 0.1) is 7.43 Å². The molecule has 0 saturated heterocycles. The molecule has 373 valence electrons. The number of phenolic OH excluding ortho intramolecular Hbond substituents is 2. The Morgan fingerprint density at radius 1 is 0.329 bits per heavy atom. The van der Waals surface area contributed by atoms with Crippen molar-refractivity contribution in [1.82, 2.24) is 10.6 Å². The van der Waals surface area contributed by atoms with Gasteiger partial charge in [0.15, 0.2) is 0 Å². The van der Waals surface area contributed by atoms with E-state index in [4.69, 9.17) is 5.11 Å². The number of benzene rings is 12. The van der Waals surface area contributed by atoms with Crippen LogP contribution in [0.1, 0.15) is 34.3 Å². The number of phenols is 2. The van der Waals surface area contributed by atoms with Gasteiger partial charge in [0, 0.05) is 53.6 Å². The fourth-order valence-electron chi connectivity index (χ4n) is 11.0. The van der Waals surface area contributed by atoms with Gasteiger partial charge in [-0.15, -0.1) is 0 Å². The van der Waals surface area contributed by atoms with Crippen molar-refractivity contribution in [2.45, 2.75) is 25.2 Å². The van der Waals surface area contributed by atoms with Crippen LogP contribution in [0.2, 0.25) is 0 Å². The third-order valence-electron chi connectivity index (χ3n) is 14.4. The average molecular weight is 1030 g/mol. The van der Waals surface area contributed by atoms with Gasteiger partial charge < -0.3 is 33.4 Å². The molecule has 76 heavy (non-hydrogen) atoms. The molecule has 12 aromatic carbocycles. The van der Waals surface area contributed by atoms with Crippen molar-refractivity contribution in [3.63, 3.8) is 0 Å². The van der Waals surface area contributed by atoms with Gasteiger partial charge in [0.25, 0.3) is 0 Å². The Morgan fingerprint density at radius 2 is 0.618 bits per heavy atom. The summed E-state index contributed by atoms with van der Waals surface area (Å²) in [6.07, 6.45) is 0. The molecule has 0 heterocycles. The fourth-order valence-corrected chi connectivity index (χ4v) is 11.0. The van der Waals surface area contributed by atoms with Crippen LogP contribution in [-0.2, 0) is 30.2 Å². The van der Waals surface area contributed by atoms with Crippen molar-refractivity contribution in [3.8, 4) is 56.0 Å². The van der Waals surface area contributed by atoms with Crippen LogP contribution in [0.3, 0.4) is 0 Å². The summed E-state index contributed by atoms with van der Waals surface area (Å²) in [7, 11) is 1.00.